The van der Waals surface area contributed by atoms with Crippen molar-refractivity contribution in [3.8, 4) is 0 Å². The summed E-state index contributed by atoms with van der Waals surface area (Å²) >= 11 is 0. The lowest BCUT2D eigenvalue weighted by atomic mass is 9.78. The summed E-state index contributed by atoms with van der Waals surface area (Å²) in [6.45, 7) is 5.86. The van der Waals surface area contributed by atoms with Crippen LogP contribution < -0.4 is 0 Å². The second-order valence-electron chi connectivity index (χ2n) is 5.77. The monoisotopic (exact) mass is 248 g/mol. The fourth-order valence-corrected chi connectivity index (χ4v) is 3.10. The molecule has 1 aromatic rings. The first-order valence-corrected chi connectivity index (χ1v) is 6.80. The summed E-state index contributed by atoms with van der Waals surface area (Å²) in [7, 11) is 0. The summed E-state index contributed by atoms with van der Waals surface area (Å²) < 4.78 is 14.0. The average molecular weight is 248 g/mol. The van der Waals surface area contributed by atoms with Crippen LogP contribution in [0.2, 0.25) is 0 Å². The van der Waals surface area contributed by atoms with Crippen LogP contribution in [0.4, 0.5) is 4.39 Å². The SMILES string of the molecule is Cc1cc(C)c(C(=O)C2CCCC(C)C2)c(F)c1. The van der Waals surface area contributed by atoms with Gasteiger partial charge < -0.3 is 0 Å². The number of hydrogen-bond donors (Lipinski definition) is 0. The van der Waals surface area contributed by atoms with Crippen LogP contribution in [0.3, 0.4) is 0 Å². The molecule has 1 aliphatic carbocycles. The maximum Gasteiger partial charge on any atom is 0.169 e. The Hall–Kier alpha value is -1.18. The lowest BCUT2D eigenvalue weighted by Crippen LogP contribution is -2.23. The molecule has 2 atom stereocenters. The van der Waals surface area contributed by atoms with E-state index in [4.69, 9.17) is 0 Å². The minimum absolute atomic E-state index is 0.0107. The van der Waals surface area contributed by atoms with Gasteiger partial charge in [-0.1, -0.05) is 25.8 Å². The maximum absolute atomic E-state index is 14.0. The minimum atomic E-state index is -0.351. The van der Waals surface area contributed by atoms with E-state index in [1.807, 2.05) is 19.9 Å². The molecule has 2 heteroatoms. The highest BCUT2D eigenvalue weighted by Crippen LogP contribution is 2.32. The van der Waals surface area contributed by atoms with Crippen LogP contribution >= 0.6 is 0 Å². The van der Waals surface area contributed by atoms with E-state index in [0.29, 0.717) is 11.5 Å². The molecule has 0 N–H and O–H groups in total. The maximum atomic E-state index is 14.0. The molecule has 0 radical (unpaired) electrons. The molecule has 0 aromatic heterocycles. The minimum Gasteiger partial charge on any atom is -0.294 e. The number of rotatable bonds is 2. The van der Waals surface area contributed by atoms with E-state index in [1.165, 1.54) is 12.5 Å². The molecule has 0 heterocycles. The van der Waals surface area contributed by atoms with Gasteiger partial charge in [0, 0.05) is 5.92 Å². The van der Waals surface area contributed by atoms with Crippen LogP contribution in [-0.4, -0.2) is 5.78 Å². The van der Waals surface area contributed by atoms with Crippen LogP contribution in [0.1, 0.15) is 54.1 Å². The molecule has 0 amide bonds. The third kappa shape index (κ3) is 2.63. The molecular weight excluding hydrogens is 227 g/mol. The van der Waals surface area contributed by atoms with Crippen molar-refractivity contribution in [2.45, 2.75) is 46.5 Å². The second-order valence-corrected chi connectivity index (χ2v) is 5.77. The summed E-state index contributed by atoms with van der Waals surface area (Å²) in [6.07, 6.45) is 4.10. The number of Topliss-reactive ketones (excluding diaryl/α,β-unsaturated/α-hetero) is 1. The lowest BCUT2D eigenvalue weighted by Gasteiger charge is -2.26. The van der Waals surface area contributed by atoms with Gasteiger partial charge in [-0.3, -0.25) is 4.79 Å². The molecule has 18 heavy (non-hydrogen) atoms. The Kier molecular flexibility index (Phi) is 3.84. The number of carbonyl (C=O) groups is 1. The van der Waals surface area contributed by atoms with Crippen molar-refractivity contribution in [1.82, 2.24) is 0 Å². The molecule has 1 aromatic carbocycles. The molecule has 0 spiro atoms. The third-order valence-corrected chi connectivity index (χ3v) is 3.99. The average Bonchev–Trinajstić information content (AvgIpc) is 2.27. The van der Waals surface area contributed by atoms with Crippen LogP contribution in [0.25, 0.3) is 0 Å². The lowest BCUT2D eigenvalue weighted by molar-refractivity contribution is 0.0863. The summed E-state index contributed by atoms with van der Waals surface area (Å²) in [5.41, 5.74) is 1.97. The number of carbonyl (C=O) groups excluding carboxylic acids is 1. The highest BCUT2D eigenvalue weighted by atomic mass is 19.1. The van der Waals surface area contributed by atoms with E-state index in [-0.39, 0.29) is 17.5 Å². The summed E-state index contributed by atoms with van der Waals surface area (Å²) in [4.78, 5) is 12.5. The Balaban J connectivity index is 2.28. The second kappa shape index (κ2) is 5.21. The zero-order chi connectivity index (χ0) is 13.3. The van der Waals surface area contributed by atoms with E-state index in [0.717, 1.165) is 30.4 Å². The summed E-state index contributed by atoms with van der Waals surface area (Å²) in [6, 6.07) is 3.36. The quantitative estimate of drug-likeness (QED) is 0.707. The predicted octanol–water partition coefficient (Wildman–Crippen LogP) is 4.45. The van der Waals surface area contributed by atoms with Crippen molar-refractivity contribution >= 4 is 5.78 Å². The fraction of sp³-hybridized carbons (Fsp3) is 0.562. The van der Waals surface area contributed by atoms with Crippen molar-refractivity contribution in [3.63, 3.8) is 0 Å². The molecule has 0 bridgehead atoms. The van der Waals surface area contributed by atoms with Crippen LogP contribution in [0.15, 0.2) is 12.1 Å². The van der Waals surface area contributed by atoms with Gasteiger partial charge in [0.15, 0.2) is 5.78 Å². The molecule has 0 saturated heterocycles. The first-order chi connectivity index (χ1) is 8.49. The Bertz CT molecular complexity index is 441. The molecule has 0 aliphatic heterocycles. The normalized spacial score (nSPS) is 24.0. The van der Waals surface area contributed by atoms with Gasteiger partial charge in [0.2, 0.25) is 0 Å². The molecule has 1 saturated carbocycles. The van der Waals surface area contributed by atoms with Crippen molar-refractivity contribution in [2.75, 3.05) is 0 Å². The number of benzene rings is 1. The Morgan fingerprint density at radius 1 is 1.28 bits per heavy atom. The van der Waals surface area contributed by atoms with E-state index in [1.54, 1.807) is 0 Å². The van der Waals surface area contributed by atoms with Gasteiger partial charge in [-0.2, -0.15) is 0 Å². The van der Waals surface area contributed by atoms with E-state index < -0.39 is 0 Å². The van der Waals surface area contributed by atoms with Gasteiger partial charge >= 0.3 is 0 Å². The van der Waals surface area contributed by atoms with Crippen molar-refractivity contribution in [1.29, 1.82) is 0 Å². The molecule has 2 rings (SSSR count). The number of aryl methyl sites for hydroxylation is 2. The standard InChI is InChI=1S/C16H21FO/c1-10-5-4-6-13(8-10)16(18)15-12(3)7-11(2)9-14(15)17/h7,9-10,13H,4-6,8H2,1-3H3. The number of ketones is 1. The summed E-state index contributed by atoms with van der Waals surface area (Å²) in [5, 5.41) is 0. The topological polar surface area (TPSA) is 17.1 Å². The molecule has 1 aliphatic rings. The highest BCUT2D eigenvalue weighted by Gasteiger charge is 2.28. The summed E-state index contributed by atoms with van der Waals surface area (Å²) in [5.74, 6) is 0.262. The molecule has 1 nitrogen and oxygen atoms in total. The fourth-order valence-electron chi connectivity index (χ4n) is 3.10. The first-order valence-electron chi connectivity index (χ1n) is 6.80. The van der Waals surface area contributed by atoms with Gasteiger partial charge in [-0.25, -0.2) is 4.39 Å². The van der Waals surface area contributed by atoms with Crippen LogP contribution in [0, 0.1) is 31.5 Å². The Labute approximate surface area is 108 Å². The van der Waals surface area contributed by atoms with Crippen molar-refractivity contribution < 1.29 is 9.18 Å². The first kappa shape index (κ1) is 13.3. The van der Waals surface area contributed by atoms with E-state index >= 15 is 0 Å². The molecule has 1 fully saturated rings. The van der Waals surface area contributed by atoms with Crippen molar-refractivity contribution in [2.24, 2.45) is 11.8 Å². The smallest absolute Gasteiger partial charge is 0.169 e. The predicted molar refractivity (Wildman–Crippen MR) is 71.3 cm³/mol. The van der Waals surface area contributed by atoms with E-state index in [2.05, 4.69) is 6.92 Å². The van der Waals surface area contributed by atoms with Gasteiger partial charge in [-0.15, -0.1) is 0 Å². The van der Waals surface area contributed by atoms with E-state index in [9.17, 15) is 9.18 Å². The number of halogens is 1. The Morgan fingerprint density at radius 2 is 2.00 bits per heavy atom. The molecule has 98 valence electrons. The Morgan fingerprint density at radius 3 is 2.61 bits per heavy atom. The molecule has 2 unspecified atom stereocenters. The molecular formula is C16H21FO. The third-order valence-electron chi connectivity index (χ3n) is 3.99. The van der Waals surface area contributed by atoms with Gasteiger partial charge in [0.1, 0.15) is 5.82 Å². The van der Waals surface area contributed by atoms with Gasteiger partial charge in [0.25, 0.3) is 0 Å². The van der Waals surface area contributed by atoms with Crippen LogP contribution in [0.5, 0.6) is 0 Å². The van der Waals surface area contributed by atoms with Crippen molar-refractivity contribution in [3.05, 3.63) is 34.6 Å². The number of hydrogen-bond acceptors (Lipinski definition) is 1. The highest BCUT2D eigenvalue weighted by molar-refractivity contribution is 5.99. The van der Waals surface area contributed by atoms with Gasteiger partial charge in [-0.05, 0) is 49.8 Å². The largest absolute Gasteiger partial charge is 0.294 e. The zero-order valence-electron chi connectivity index (χ0n) is 11.4. The zero-order valence-corrected chi connectivity index (χ0v) is 11.4. The van der Waals surface area contributed by atoms with Crippen LogP contribution in [-0.2, 0) is 0 Å². The van der Waals surface area contributed by atoms with Gasteiger partial charge in [0.05, 0.1) is 5.56 Å².